The predicted octanol–water partition coefficient (Wildman–Crippen LogP) is 11.4. The van der Waals surface area contributed by atoms with Crippen molar-refractivity contribution >= 4 is 56.2 Å². The van der Waals surface area contributed by atoms with Crippen LogP contribution < -0.4 is 0 Å². The SMILES string of the molecule is BrC(=C\C=C\c1ccccc1)/C=C/c1ccccc1.BrC(=C\C=C\c1ccccc1)/C=C/c1ccccc1. The molecule has 0 aliphatic heterocycles. The molecule has 0 nitrogen and oxygen atoms in total. The zero-order valence-electron chi connectivity index (χ0n) is 21.1. The highest BCUT2D eigenvalue weighted by Crippen LogP contribution is 2.13. The molecule has 4 aromatic rings. The van der Waals surface area contributed by atoms with Gasteiger partial charge >= 0.3 is 0 Å². The molecule has 0 aliphatic rings. The highest BCUT2D eigenvalue weighted by Gasteiger charge is 1.87. The van der Waals surface area contributed by atoms with Crippen LogP contribution in [0.1, 0.15) is 22.3 Å². The summed E-state index contributed by atoms with van der Waals surface area (Å²) < 4.78 is 2.09. The first-order chi connectivity index (χ1) is 18.7. The summed E-state index contributed by atoms with van der Waals surface area (Å²) in [6, 6.07) is 41.0. The molecule has 0 fully saturated rings. The van der Waals surface area contributed by atoms with Gasteiger partial charge in [0, 0.05) is 8.96 Å². The van der Waals surface area contributed by atoms with Crippen LogP contribution in [0.4, 0.5) is 0 Å². The number of benzene rings is 4. The Balaban J connectivity index is 0.000000211. The normalized spacial score (nSPS) is 12.4. The Morgan fingerprint density at radius 1 is 0.368 bits per heavy atom. The number of halogens is 2. The van der Waals surface area contributed by atoms with Gasteiger partial charge in [-0.3, -0.25) is 0 Å². The molecule has 0 saturated heterocycles. The van der Waals surface area contributed by atoms with Crippen LogP contribution in [0.2, 0.25) is 0 Å². The van der Waals surface area contributed by atoms with Crippen molar-refractivity contribution in [2.45, 2.75) is 0 Å². The predicted molar refractivity (Wildman–Crippen MR) is 176 cm³/mol. The van der Waals surface area contributed by atoms with Crippen molar-refractivity contribution in [3.8, 4) is 0 Å². The Morgan fingerprint density at radius 3 is 0.921 bits per heavy atom. The summed E-state index contributed by atoms with van der Waals surface area (Å²) in [6.07, 6.45) is 20.6. The third-order valence-electron chi connectivity index (χ3n) is 5.16. The lowest BCUT2D eigenvalue weighted by Crippen LogP contribution is -1.69. The standard InChI is InChI=1S/2C18H15Br/c2*19-18(15-14-17-10-5-2-6-11-17)13-7-12-16-8-3-1-4-9-16/h2*1-15H/b2*12-7+,15-14+,18-13-. The average Bonchev–Trinajstić information content (AvgIpc) is 2.98. The van der Waals surface area contributed by atoms with Crippen LogP contribution in [-0.4, -0.2) is 0 Å². The van der Waals surface area contributed by atoms with E-state index >= 15 is 0 Å². The van der Waals surface area contributed by atoms with E-state index in [0.29, 0.717) is 0 Å². The second kappa shape index (κ2) is 17.7. The van der Waals surface area contributed by atoms with E-state index in [2.05, 4.69) is 105 Å². The van der Waals surface area contributed by atoms with Gasteiger partial charge < -0.3 is 0 Å². The van der Waals surface area contributed by atoms with Crippen molar-refractivity contribution in [3.05, 3.63) is 189 Å². The van der Waals surface area contributed by atoms with Gasteiger partial charge in [0.15, 0.2) is 0 Å². The molecule has 0 unspecified atom stereocenters. The Morgan fingerprint density at radius 2 is 0.632 bits per heavy atom. The van der Waals surface area contributed by atoms with E-state index in [1.54, 1.807) is 0 Å². The van der Waals surface area contributed by atoms with E-state index in [0.717, 1.165) is 8.96 Å². The molecule has 0 N–H and O–H groups in total. The fourth-order valence-electron chi connectivity index (χ4n) is 3.22. The maximum Gasteiger partial charge on any atom is 0.0175 e. The Labute approximate surface area is 244 Å². The quantitative estimate of drug-likeness (QED) is 0.172. The van der Waals surface area contributed by atoms with Gasteiger partial charge in [0.25, 0.3) is 0 Å². The fraction of sp³-hybridized carbons (Fsp3) is 0. The molecule has 0 heterocycles. The van der Waals surface area contributed by atoms with Gasteiger partial charge in [-0.2, -0.15) is 0 Å². The summed E-state index contributed by atoms with van der Waals surface area (Å²) in [7, 11) is 0. The largest absolute Gasteiger partial charge is 0.0622 e. The summed E-state index contributed by atoms with van der Waals surface area (Å²) in [5.41, 5.74) is 4.79. The highest BCUT2D eigenvalue weighted by molar-refractivity contribution is 9.12. The van der Waals surface area contributed by atoms with Crippen molar-refractivity contribution < 1.29 is 0 Å². The first-order valence-corrected chi connectivity index (χ1v) is 13.9. The molecular formula is C36H30Br2. The zero-order valence-corrected chi connectivity index (χ0v) is 24.2. The summed E-state index contributed by atoms with van der Waals surface area (Å²) in [5, 5.41) is 0. The van der Waals surface area contributed by atoms with Crippen LogP contribution >= 0.6 is 31.9 Å². The molecular weight excluding hydrogens is 592 g/mol. The van der Waals surface area contributed by atoms with Gasteiger partial charge in [-0.25, -0.2) is 0 Å². The van der Waals surface area contributed by atoms with Crippen LogP contribution in [0.5, 0.6) is 0 Å². The second-order valence-electron chi connectivity index (χ2n) is 8.13. The second-order valence-corrected chi connectivity index (χ2v) is 9.96. The summed E-state index contributed by atoms with van der Waals surface area (Å²) in [5.74, 6) is 0. The van der Waals surface area contributed by atoms with Crippen molar-refractivity contribution in [3.63, 3.8) is 0 Å². The molecule has 2 heteroatoms. The van der Waals surface area contributed by atoms with Crippen molar-refractivity contribution in [2.24, 2.45) is 0 Å². The molecule has 4 aromatic carbocycles. The molecule has 0 amide bonds. The van der Waals surface area contributed by atoms with Gasteiger partial charge in [0.1, 0.15) is 0 Å². The molecule has 0 spiro atoms. The van der Waals surface area contributed by atoms with E-state index in [4.69, 9.17) is 0 Å². The number of hydrogen-bond donors (Lipinski definition) is 0. The number of rotatable bonds is 8. The Kier molecular flexibility index (Phi) is 13.4. The van der Waals surface area contributed by atoms with Gasteiger partial charge in [-0.15, -0.1) is 0 Å². The summed E-state index contributed by atoms with van der Waals surface area (Å²) >= 11 is 7.06. The summed E-state index contributed by atoms with van der Waals surface area (Å²) in [4.78, 5) is 0. The number of hydrogen-bond acceptors (Lipinski definition) is 0. The van der Waals surface area contributed by atoms with Crippen molar-refractivity contribution in [1.29, 1.82) is 0 Å². The third-order valence-corrected chi connectivity index (χ3v) is 6.21. The van der Waals surface area contributed by atoms with Crippen LogP contribution in [0, 0.1) is 0 Å². The molecule has 38 heavy (non-hydrogen) atoms. The first-order valence-electron chi connectivity index (χ1n) is 12.3. The van der Waals surface area contributed by atoms with E-state index in [1.807, 2.05) is 109 Å². The minimum atomic E-state index is 1.04. The van der Waals surface area contributed by atoms with Crippen molar-refractivity contribution in [1.82, 2.24) is 0 Å². The zero-order chi connectivity index (χ0) is 26.7. The minimum absolute atomic E-state index is 1.04. The van der Waals surface area contributed by atoms with Gasteiger partial charge in [-0.05, 0) is 46.6 Å². The molecule has 0 radical (unpaired) electrons. The summed E-state index contributed by atoms with van der Waals surface area (Å²) in [6.45, 7) is 0. The minimum Gasteiger partial charge on any atom is -0.0622 e. The van der Waals surface area contributed by atoms with Gasteiger partial charge in [-0.1, -0.05) is 190 Å². The lowest BCUT2D eigenvalue weighted by Gasteiger charge is -1.92. The monoisotopic (exact) mass is 620 g/mol. The van der Waals surface area contributed by atoms with E-state index in [-0.39, 0.29) is 0 Å². The van der Waals surface area contributed by atoms with E-state index in [9.17, 15) is 0 Å². The van der Waals surface area contributed by atoms with Crippen LogP contribution in [0.25, 0.3) is 24.3 Å². The molecule has 0 aromatic heterocycles. The molecule has 0 atom stereocenters. The highest BCUT2D eigenvalue weighted by atomic mass is 79.9. The van der Waals surface area contributed by atoms with Crippen LogP contribution in [0.3, 0.4) is 0 Å². The number of allylic oxidation sites excluding steroid dienone is 8. The smallest absolute Gasteiger partial charge is 0.0175 e. The van der Waals surface area contributed by atoms with Crippen molar-refractivity contribution in [2.75, 3.05) is 0 Å². The molecule has 0 bridgehead atoms. The lowest BCUT2D eigenvalue weighted by atomic mass is 10.2. The average molecular weight is 622 g/mol. The maximum absolute atomic E-state index is 3.53. The first kappa shape index (κ1) is 28.8. The topological polar surface area (TPSA) is 0 Å². The van der Waals surface area contributed by atoms with E-state index < -0.39 is 0 Å². The Bertz CT molecular complexity index is 1270. The molecule has 0 saturated carbocycles. The van der Waals surface area contributed by atoms with E-state index in [1.165, 1.54) is 22.3 Å². The molecule has 0 aliphatic carbocycles. The fourth-order valence-corrected chi connectivity index (χ4v) is 3.79. The van der Waals surface area contributed by atoms with Gasteiger partial charge in [0.2, 0.25) is 0 Å². The molecule has 188 valence electrons. The lowest BCUT2D eigenvalue weighted by molar-refractivity contribution is 1.65. The maximum atomic E-state index is 3.53. The molecule has 4 rings (SSSR count). The van der Waals surface area contributed by atoms with Gasteiger partial charge in [0.05, 0.1) is 0 Å². The Hall–Kier alpha value is -3.72. The third kappa shape index (κ3) is 12.5. The van der Waals surface area contributed by atoms with Crippen LogP contribution in [0.15, 0.2) is 167 Å². The van der Waals surface area contributed by atoms with Crippen LogP contribution in [-0.2, 0) is 0 Å².